The van der Waals surface area contributed by atoms with Gasteiger partial charge in [-0.25, -0.2) is 4.99 Å². The molecule has 5 nitrogen and oxygen atoms in total. The summed E-state index contributed by atoms with van der Waals surface area (Å²) in [5, 5.41) is 3.94. The SMILES string of the molecule is c1ccc(-c2cccc(C3=Nc4ccc(-c5ccc6c(c5)Oc5cccc7c5N6c5ccccc5O7)cc4NC3c3cccc(-c4ccccc4)c3)c2)cc1. The zero-order valence-electron chi connectivity index (χ0n) is 29.7. The number of anilines is 4. The lowest BCUT2D eigenvalue weighted by Gasteiger charge is -2.37. The molecule has 1 N–H and O–H groups in total. The molecule has 0 radical (unpaired) electrons. The smallest absolute Gasteiger partial charge is 0.155 e. The quantitative estimate of drug-likeness (QED) is 0.193. The largest absolute Gasteiger partial charge is 0.453 e. The molecular weight excluding hydrogens is 675 g/mol. The van der Waals surface area contributed by atoms with Crippen molar-refractivity contribution >= 4 is 34.1 Å². The highest BCUT2D eigenvalue weighted by Gasteiger charge is 2.34. The lowest BCUT2D eigenvalue weighted by molar-refractivity contribution is 0.446. The van der Waals surface area contributed by atoms with E-state index in [0.717, 1.165) is 85.0 Å². The highest BCUT2D eigenvalue weighted by atomic mass is 16.5. The molecule has 0 fully saturated rings. The van der Waals surface area contributed by atoms with Gasteiger partial charge in [-0.15, -0.1) is 0 Å². The van der Waals surface area contributed by atoms with Gasteiger partial charge in [-0.3, -0.25) is 4.90 Å². The van der Waals surface area contributed by atoms with Gasteiger partial charge in [-0.1, -0.05) is 127 Å². The first kappa shape index (κ1) is 31.2. The van der Waals surface area contributed by atoms with Gasteiger partial charge in [0.05, 0.1) is 34.5 Å². The minimum Gasteiger partial charge on any atom is -0.453 e. The molecule has 0 bridgehead atoms. The maximum absolute atomic E-state index is 6.58. The van der Waals surface area contributed by atoms with Crippen LogP contribution in [0, 0.1) is 0 Å². The first-order chi connectivity index (χ1) is 27.2. The number of benzene rings is 8. The molecule has 1 unspecified atom stereocenters. The van der Waals surface area contributed by atoms with Gasteiger partial charge in [0.15, 0.2) is 23.0 Å². The lowest BCUT2D eigenvalue weighted by atomic mass is 9.90. The summed E-state index contributed by atoms with van der Waals surface area (Å²) in [4.78, 5) is 7.66. The van der Waals surface area contributed by atoms with Crippen molar-refractivity contribution < 1.29 is 9.47 Å². The number of ether oxygens (including phenoxy) is 2. The number of nitrogens with one attached hydrogen (secondary N) is 1. The van der Waals surface area contributed by atoms with Crippen LogP contribution in [0.2, 0.25) is 0 Å². The Kier molecular flexibility index (Phi) is 7.17. The Bertz CT molecular complexity index is 2810. The van der Waals surface area contributed by atoms with Crippen LogP contribution in [0.4, 0.5) is 28.4 Å². The van der Waals surface area contributed by atoms with Crippen molar-refractivity contribution in [1.29, 1.82) is 0 Å². The molecule has 55 heavy (non-hydrogen) atoms. The highest BCUT2D eigenvalue weighted by molar-refractivity contribution is 6.11. The Labute approximate surface area is 319 Å². The maximum Gasteiger partial charge on any atom is 0.155 e. The predicted octanol–water partition coefficient (Wildman–Crippen LogP) is 13.7. The Morgan fingerprint density at radius 2 is 0.982 bits per heavy atom. The molecule has 3 heterocycles. The van der Waals surface area contributed by atoms with Gasteiger partial charge in [0.25, 0.3) is 0 Å². The fourth-order valence-corrected chi connectivity index (χ4v) is 8.02. The number of hydrogen-bond donors (Lipinski definition) is 1. The third kappa shape index (κ3) is 5.36. The van der Waals surface area contributed by atoms with Crippen LogP contribution in [0.25, 0.3) is 33.4 Å². The van der Waals surface area contributed by atoms with Crippen molar-refractivity contribution in [2.45, 2.75) is 6.04 Å². The molecule has 0 spiro atoms. The van der Waals surface area contributed by atoms with Crippen molar-refractivity contribution in [3.8, 4) is 56.4 Å². The van der Waals surface area contributed by atoms with Crippen LogP contribution in [-0.4, -0.2) is 5.71 Å². The molecule has 0 aromatic heterocycles. The number of aliphatic imine (C=N–C) groups is 1. The number of para-hydroxylation sites is 3. The number of nitrogens with zero attached hydrogens (tertiary/aromatic N) is 2. The van der Waals surface area contributed by atoms with E-state index < -0.39 is 0 Å². The van der Waals surface area contributed by atoms with E-state index in [-0.39, 0.29) is 6.04 Å². The highest BCUT2D eigenvalue weighted by Crippen LogP contribution is 2.59. The second-order valence-electron chi connectivity index (χ2n) is 14.0. The monoisotopic (exact) mass is 707 g/mol. The summed E-state index contributed by atoms with van der Waals surface area (Å²) in [6.07, 6.45) is 0. The molecule has 3 aliphatic heterocycles. The number of rotatable bonds is 5. The maximum atomic E-state index is 6.58. The summed E-state index contributed by atoms with van der Waals surface area (Å²) in [5.41, 5.74) is 14.8. The summed E-state index contributed by atoms with van der Waals surface area (Å²) in [6, 6.07) is 65.4. The molecule has 0 saturated heterocycles. The fourth-order valence-electron chi connectivity index (χ4n) is 8.02. The topological polar surface area (TPSA) is 46.1 Å². The van der Waals surface area contributed by atoms with Gasteiger partial charge in [0, 0.05) is 0 Å². The van der Waals surface area contributed by atoms with Crippen molar-refractivity contribution in [3.63, 3.8) is 0 Å². The Hall–Kier alpha value is -7.37. The van der Waals surface area contributed by atoms with Crippen molar-refractivity contribution in [2.75, 3.05) is 10.2 Å². The summed E-state index contributed by atoms with van der Waals surface area (Å²) in [7, 11) is 0. The van der Waals surface area contributed by atoms with E-state index in [4.69, 9.17) is 14.5 Å². The molecule has 0 aliphatic carbocycles. The molecule has 11 rings (SSSR count). The zero-order valence-corrected chi connectivity index (χ0v) is 29.7. The second-order valence-corrected chi connectivity index (χ2v) is 14.0. The van der Waals surface area contributed by atoms with E-state index in [1.54, 1.807) is 0 Å². The summed E-state index contributed by atoms with van der Waals surface area (Å²) in [5.74, 6) is 3.16. The predicted molar refractivity (Wildman–Crippen MR) is 223 cm³/mol. The van der Waals surface area contributed by atoms with Crippen LogP contribution in [0.5, 0.6) is 23.0 Å². The summed E-state index contributed by atoms with van der Waals surface area (Å²) < 4.78 is 12.9. The van der Waals surface area contributed by atoms with E-state index in [9.17, 15) is 0 Å². The second kappa shape index (κ2) is 12.6. The average Bonchev–Trinajstić information content (AvgIpc) is 3.26. The third-order valence-electron chi connectivity index (χ3n) is 10.7. The third-order valence-corrected chi connectivity index (χ3v) is 10.7. The van der Waals surface area contributed by atoms with Crippen LogP contribution in [-0.2, 0) is 0 Å². The van der Waals surface area contributed by atoms with Gasteiger partial charge in [0.2, 0.25) is 0 Å². The normalized spacial score (nSPS) is 14.5. The fraction of sp³-hybridized carbons (Fsp3) is 0.0200. The van der Waals surface area contributed by atoms with Gasteiger partial charge in [-0.05, 0) is 105 Å². The first-order valence-electron chi connectivity index (χ1n) is 18.6. The van der Waals surface area contributed by atoms with Crippen LogP contribution in [0.15, 0.2) is 193 Å². The van der Waals surface area contributed by atoms with Crippen molar-refractivity contribution in [1.82, 2.24) is 0 Å². The van der Waals surface area contributed by atoms with Crippen LogP contribution >= 0.6 is 0 Å². The molecule has 3 aliphatic rings. The minimum atomic E-state index is -0.184. The van der Waals surface area contributed by atoms with Crippen LogP contribution in [0.3, 0.4) is 0 Å². The standard InChI is InChI=1S/C50H33N3O2/c1-3-12-32(13-4-1)34-16-9-18-38(28-34)48-49(39-19-10-17-35(29-39)33-14-5-2-6-15-33)52-41-30-36(24-26-40(41)51-48)37-25-27-43-47(31-37)55-46-23-11-22-45-50(46)53(43)42-20-7-8-21-44(42)54-45/h1-31,49,52H. The van der Waals surface area contributed by atoms with Gasteiger partial charge in [-0.2, -0.15) is 0 Å². The van der Waals surface area contributed by atoms with Gasteiger partial charge >= 0.3 is 0 Å². The van der Waals surface area contributed by atoms with E-state index >= 15 is 0 Å². The van der Waals surface area contributed by atoms with E-state index in [0.29, 0.717) is 0 Å². The van der Waals surface area contributed by atoms with Crippen LogP contribution < -0.4 is 19.7 Å². The molecule has 8 aromatic rings. The first-order valence-corrected chi connectivity index (χ1v) is 18.6. The molecule has 0 saturated carbocycles. The molecule has 260 valence electrons. The zero-order chi connectivity index (χ0) is 36.3. The van der Waals surface area contributed by atoms with Gasteiger partial charge < -0.3 is 14.8 Å². The summed E-state index contributed by atoms with van der Waals surface area (Å²) >= 11 is 0. The van der Waals surface area contributed by atoms with Crippen molar-refractivity contribution in [2.24, 2.45) is 4.99 Å². The minimum absolute atomic E-state index is 0.184. The number of hydrogen-bond acceptors (Lipinski definition) is 5. The average molecular weight is 708 g/mol. The molecule has 1 atom stereocenters. The van der Waals surface area contributed by atoms with Crippen molar-refractivity contribution in [3.05, 3.63) is 199 Å². The molecule has 0 amide bonds. The molecule has 5 heteroatoms. The van der Waals surface area contributed by atoms with E-state index in [2.05, 4.69) is 162 Å². The van der Waals surface area contributed by atoms with Crippen LogP contribution in [0.1, 0.15) is 17.2 Å². The molecular formula is C50H33N3O2. The summed E-state index contributed by atoms with van der Waals surface area (Å²) in [6.45, 7) is 0. The number of fused-ring (bicyclic) bond motifs is 5. The Balaban J connectivity index is 1.00. The Morgan fingerprint density at radius 1 is 0.418 bits per heavy atom. The molecule has 8 aromatic carbocycles. The van der Waals surface area contributed by atoms with E-state index in [1.807, 2.05) is 36.4 Å². The lowest BCUT2D eigenvalue weighted by Crippen LogP contribution is -2.25. The Morgan fingerprint density at radius 3 is 1.78 bits per heavy atom. The van der Waals surface area contributed by atoms with E-state index in [1.165, 1.54) is 16.7 Å². The van der Waals surface area contributed by atoms with Gasteiger partial charge in [0.1, 0.15) is 5.69 Å².